The average molecular weight is 442 g/mol. The summed E-state index contributed by atoms with van der Waals surface area (Å²) in [5.41, 5.74) is 7.42. The van der Waals surface area contributed by atoms with Gasteiger partial charge in [-0.25, -0.2) is 9.97 Å². The summed E-state index contributed by atoms with van der Waals surface area (Å²) in [5.74, 6) is 0.822. The highest BCUT2D eigenvalue weighted by Crippen LogP contribution is 2.36. The Balaban J connectivity index is 1.58. The molecule has 0 N–H and O–H groups in total. The van der Waals surface area contributed by atoms with E-state index in [1.165, 1.54) is 5.56 Å². The fourth-order valence-corrected chi connectivity index (χ4v) is 4.55. The molecular formula is C30H23N3O. The maximum Gasteiger partial charge on any atom is 0.140 e. The molecule has 0 saturated heterocycles. The van der Waals surface area contributed by atoms with Gasteiger partial charge in [-0.15, -0.1) is 0 Å². The second-order valence-corrected chi connectivity index (χ2v) is 8.34. The fourth-order valence-electron chi connectivity index (χ4n) is 4.55. The second-order valence-electron chi connectivity index (χ2n) is 8.34. The Labute approximate surface area is 198 Å². The average Bonchev–Trinajstić information content (AvgIpc) is 3.27. The molecule has 0 spiro atoms. The fraction of sp³-hybridized carbons (Fsp3) is 0.0667. The highest BCUT2D eigenvalue weighted by Gasteiger charge is 2.16. The van der Waals surface area contributed by atoms with Crippen LogP contribution in [0.3, 0.4) is 0 Å². The first kappa shape index (κ1) is 20.2. The smallest absolute Gasteiger partial charge is 0.140 e. The van der Waals surface area contributed by atoms with E-state index >= 15 is 0 Å². The summed E-state index contributed by atoms with van der Waals surface area (Å²) in [7, 11) is 1.69. The van der Waals surface area contributed by atoms with Crippen LogP contribution in [-0.4, -0.2) is 21.6 Å². The summed E-state index contributed by atoms with van der Waals surface area (Å²) in [6.45, 7) is 0.755. The highest BCUT2D eigenvalue weighted by atomic mass is 16.5. The maximum absolute atomic E-state index is 5.51. The molecule has 6 rings (SSSR count). The van der Waals surface area contributed by atoms with Crippen LogP contribution in [0.15, 0.2) is 109 Å². The van der Waals surface area contributed by atoms with Crippen molar-refractivity contribution >= 4 is 21.9 Å². The quantitative estimate of drug-likeness (QED) is 0.290. The number of benzene rings is 3. The summed E-state index contributed by atoms with van der Waals surface area (Å²) < 4.78 is 7.72. The van der Waals surface area contributed by atoms with Crippen LogP contribution >= 0.6 is 0 Å². The van der Waals surface area contributed by atoms with E-state index in [1.54, 1.807) is 7.11 Å². The van der Waals surface area contributed by atoms with Gasteiger partial charge in [0.25, 0.3) is 0 Å². The van der Waals surface area contributed by atoms with Gasteiger partial charge < -0.3 is 9.30 Å². The number of fused-ring (bicyclic) bond motifs is 2. The van der Waals surface area contributed by atoms with Gasteiger partial charge in [0.2, 0.25) is 0 Å². The standard InChI is InChI=1S/C30H23N3O/c1-34-23-14-15-28-26(17-23)25(22-11-6-3-7-12-22)18-29(32-28)27-20-33(19-21-9-4-2-5-10-21)30-24(27)13-8-16-31-30/h2-18,20H,19H2,1H3. The van der Waals surface area contributed by atoms with Crippen molar-refractivity contribution in [1.82, 2.24) is 14.5 Å². The Kier molecular flexibility index (Phi) is 5.04. The lowest BCUT2D eigenvalue weighted by Crippen LogP contribution is -1.98. The van der Waals surface area contributed by atoms with E-state index in [-0.39, 0.29) is 0 Å². The van der Waals surface area contributed by atoms with E-state index in [1.807, 2.05) is 36.5 Å². The van der Waals surface area contributed by atoms with Gasteiger partial charge >= 0.3 is 0 Å². The molecule has 0 unspecified atom stereocenters. The molecule has 3 aromatic carbocycles. The number of nitrogens with zero attached hydrogens (tertiary/aromatic N) is 3. The van der Waals surface area contributed by atoms with Crippen molar-refractivity contribution in [3.8, 4) is 28.1 Å². The van der Waals surface area contributed by atoms with Crippen LogP contribution in [0.25, 0.3) is 44.3 Å². The van der Waals surface area contributed by atoms with Crippen LogP contribution in [0.1, 0.15) is 5.56 Å². The van der Waals surface area contributed by atoms with Crippen molar-refractivity contribution in [3.05, 3.63) is 115 Å². The molecule has 3 heterocycles. The SMILES string of the molecule is COc1ccc2nc(-c3cn(Cc4ccccc4)c4ncccc34)cc(-c3ccccc3)c2c1. The molecule has 0 fully saturated rings. The molecule has 164 valence electrons. The lowest BCUT2D eigenvalue weighted by Gasteiger charge is -2.11. The predicted molar refractivity (Wildman–Crippen MR) is 138 cm³/mol. The highest BCUT2D eigenvalue weighted by molar-refractivity contribution is 6.00. The number of pyridine rings is 2. The first-order valence-electron chi connectivity index (χ1n) is 11.3. The molecule has 0 saturated carbocycles. The summed E-state index contributed by atoms with van der Waals surface area (Å²) >= 11 is 0. The van der Waals surface area contributed by atoms with Crippen molar-refractivity contribution in [2.24, 2.45) is 0 Å². The Bertz CT molecular complexity index is 1610. The summed E-state index contributed by atoms with van der Waals surface area (Å²) in [6.07, 6.45) is 4.03. The third-order valence-corrected chi connectivity index (χ3v) is 6.21. The van der Waals surface area contributed by atoms with Crippen LogP contribution in [0.5, 0.6) is 5.75 Å². The Morgan fingerprint density at radius 2 is 1.56 bits per heavy atom. The summed E-state index contributed by atoms with van der Waals surface area (Å²) in [5, 5.41) is 2.17. The van der Waals surface area contributed by atoms with Crippen LogP contribution < -0.4 is 4.74 Å². The van der Waals surface area contributed by atoms with Gasteiger partial charge in [0, 0.05) is 35.3 Å². The largest absolute Gasteiger partial charge is 0.497 e. The van der Waals surface area contributed by atoms with Crippen LogP contribution in [0.2, 0.25) is 0 Å². The van der Waals surface area contributed by atoms with Crippen molar-refractivity contribution in [1.29, 1.82) is 0 Å². The zero-order valence-corrected chi connectivity index (χ0v) is 18.8. The summed E-state index contributed by atoms with van der Waals surface area (Å²) in [4.78, 5) is 9.79. The lowest BCUT2D eigenvalue weighted by atomic mass is 9.98. The van der Waals surface area contributed by atoms with Crippen LogP contribution in [0.4, 0.5) is 0 Å². The van der Waals surface area contributed by atoms with Crippen molar-refractivity contribution in [2.45, 2.75) is 6.54 Å². The molecule has 0 amide bonds. The zero-order chi connectivity index (χ0) is 22.9. The minimum Gasteiger partial charge on any atom is -0.497 e. The number of methoxy groups -OCH3 is 1. The Morgan fingerprint density at radius 3 is 2.35 bits per heavy atom. The topological polar surface area (TPSA) is 39.9 Å². The number of rotatable bonds is 5. The summed E-state index contributed by atoms with van der Waals surface area (Å²) in [6, 6.07) is 33.3. The minimum absolute atomic E-state index is 0.755. The lowest BCUT2D eigenvalue weighted by molar-refractivity contribution is 0.415. The van der Waals surface area contributed by atoms with E-state index in [0.717, 1.165) is 56.6 Å². The first-order valence-corrected chi connectivity index (χ1v) is 11.3. The second kappa shape index (κ2) is 8.49. The van der Waals surface area contributed by atoms with E-state index in [2.05, 4.69) is 77.5 Å². The van der Waals surface area contributed by atoms with Crippen molar-refractivity contribution in [2.75, 3.05) is 7.11 Å². The molecule has 0 aliphatic heterocycles. The molecule has 0 radical (unpaired) electrons. The number of hydrogen-bond donors (Lipinski definition) is 0. The zero-order valence-electron chi connectivity index (χ0n) is 18.8. The van der Waals surface area contributed by atoms with Gasteiger partial charge in [0.05, 0.1) is 18.3 Å². The van der Waals surface area contributed by atoms with Crippen LogP contribution in [-0.2, 0) is 6.54 Å². The van der Waals surface area contributed by atoms with E-state index in [0.29, 0.717) is 0 Å². The third kappa shape index (κ3) is 3.59. The number of hydrogen-bond acceptors (Lipinski definition) is 3. The Morgan fingerprint density at radius 1 is 0.765 bits per heavy atom. The van der Waals surface area contributed by atoms with Gasteiger partial charge in [-0.05, 0) is 53.1 Å². The van der Waals surface area contributed by atoms with E-state index in [4.69, 9.17) is 14.7 Å². The van der Waals surface area contributed by atoms with Gasteiger partial charge in [0.1, 0.15) is 11.4 Å². The molecule has 4 nitrogen and oxygen atoms in total. The molecule has 4 heteroatoms. The van der Waals surface area contributed by atoms with Gasteiger partial charge in [-0.2, -0.15) is 0 Å². The molecule has 0 aliphatic rings. The van der Waals surface area contributed by atoms with E-state index < -0.39 is 0 Å². The first-order chi connectivity index (χ1) is 16.8. The third-order valence-electron chi connectivity index (χ3n) is 6.21. The monoisotopic (exact) mass is 441 g/mol. The normalized spacial score (nSPS) is 11.2. The van der Waals surface area contributed by atoms with E-state index in [9.17, 15) is 0 Å². The molecule has 0 bridgehead atoms. The Hall–Kier alpha value is -4.44. The maximum atomic E-state index is 5.51. The van der Waals surface area contributed by atoms with Gasteiger partial charge in [-0.1, -0.05) is 60.7 Å². The molecule has 34 heavy (non-hydrogen) atoms. The van der Waals surface area contributed by atoms with Gasteiger partial charge in [0.15, 0.2) is 0 Å². The minimum atomic E-state index is 0.755. The van der Waals surface area contributed by atoms with Gasteiger partial charge in [-0.3, -0.25) is 0 Å². The number of aromatic nitrogens is 3. The van der Waals surface area contributed by atoms with Crippen molar-refractivity contribution < 1.29 is 4.74 Å². The molecule has 0 aliphatic carbocycles. The van der Waals surface area contributed by atoms with Crippen LogP contribution in [0, 0.1) is 0 Å². The predicted octanol–water partition coefficient (Wildman–Crippen LogP) is 6.98. The molecule has 6 aromatic rings. The molecular weight excluding hydrogens is 418 g/mol. The molecule has 0 atom stereocenters. The number of ether oxygens (including phenoxy) is 1. The van der Waals surface area contributed by atoms with Crippen molar-refractivity contribution in [3.63, 3.8) is 0 Å². The molecule has 3 aromatic heterocycles.